The highest BCUT2D eigenvalue weighted by Crippen LogP contribution is 2.35. The third kappa shape index (κ3) is 2.07. The highest BCUT2D eigenvalue weighted by Gasteiger charge is 2.32. The number of ether oxygens (including phenoxy) is 1. The van der Waals surface area contributed by atoms with Crippen LogP contribution in [0.4, 0.5) is 10.5 Å². The first-order chi connectivity index (χ1) is 8.67. The van der Waals surface area contributed by atoms with Crippen LogP contribution in [0.25, 0.3) is 0 Å². The van der Waals surface area contributed by atoms with Gasteiger partial charge in [0.25, 0.3) is 0 Å². The van der Waals surface area contributed by atoms with E-state index in [1.54, 1.807) is 6.07 Å². The lowest BCUT2D eigenvalue weighted by Crippen LogP contribution is -2.39. The fourth-order valence-corrected chi connectivity index (χ4v) is 2.03. The third-order valence-corrected chi connectivity index (χ3v) is 2.92. The first-order valence-corrected chi connectivity index (χ1v) is 5.55. The molecule has 0 radical (unpaired) electrons. The van der Waals surface area contributed by atoms with Gasteiger partial charge in [-0.3, -0.25) is 9.69 Å². The van der Waals surface area contributed by atoms with E-state index < -0.39 is 0 Å². The Hall–Kier alpha value is -2.30. The van der Waals surface area contributed by atoms with Crippen molar-refractivity contribution in [3.8, 4) is 0 Å². The Morgan fingerprint density at radius 1 is 1.56 bits per heavy atom. The van der Waals surface area contributed by atoms with Crippen LogP contribution in [0.5, 0.6) is 0 Å². The molecule has 0 aliphatic carbocycles. The monoisotopic (exact) mass is 246 g/mol. The summed E-state index contributed by atoms with van der Waals surface area (Å²) in [6.45, 7) is 3.60. The first-order valence-electron chi connectivity index (χ1n) is 5.55. The molecule has 1 atom stereocenters. The standard InChI is InChI=1S/C13H14N2O3/c1-3-15-11(8-12(16)18-2)9-6-4-5-7-10(9)14-13(15)17/h3-7,11H,1,8H2,2H3,(H,14,17). The van der Waals surface area contributed by atoms with Gasteiger partial charge in [-0.2, -0.15) is 0 Å². The summed E-state index contributed by atoms with van der Waals surface area (Å²) in [5.74, 6) is -0.364. The number of hydrogen-bond acceptors (Lipinski definition) is 3. The second kappa shape index (κ2) is 4.91. The van der Waals surface area contributed by atoms with Crippen molar-refractivity contribution in [2.75, 3.05) is 12.4 Å². The highest BCUT2D eigenvalue weighted by atomic mass is 16.5. The van der Waals surface area contributed by atoms with Gasteiger partial charge in [-0.15, -0.1) is 0 Å². The van der Waals surface area contributed by atoms with Crippen LogP contribution in [0.15, 0.2) is 37.0 Å². The molecule has 0 aromatic heterocycles. The number of amides is 2. The smallest absolute Gasteiger partial charge is 0.326 e. The summed E-state index contributed by atoms with van der Waals surface area (Å²) in [6, 6.07) is 6.70. The number of nitrogens with zero attached hydrogens (tertiary/aromatic N) is 1. The van der Waals surface area contributed by atoms with Crippen molar-refractivity contribution in [2.45, 2.75) is 12.5 Å². The first kappa shape index (κ1) is 12.2. The minimum atomic E-state index is -0.375. The molecule has 0 saturated heterocycles. The molecule has 1 N–H and O–H groups in total. The summed E-state index contributed by atoms with van der Waals surface area (Å²) >= 11 is 0. The average Bonchev–Trinajstić information content (AvgIpc) is 2.38. The van der Waals surface area contributed by atoms with Crippen LogP contribution >= 0.6 is 0 Å². The molecule has 0 spiro atoms. The summed E-state index contributed by atoms with van der Waals surface area (Å²) in [5, 5.41) is 2.75. The van der Waals surface area contributed by atoms with Crippen LogP contribution in [0.1, 0.15) is 18.0 Å². The van der Waals surface area contributed by atoms with Crippen molar-refractivity contribution in [1.82, 2.24) is 4.90 Å². The molecule has 1 aliphatic rings. The van der Waals surface area contributed by atoms with E-state index in [2.05, 4.69) is 16.6 Å². The van der Waals surface area contributed by atoms with Gasteiger partial charge in [0.2, 0.25) is 0 Å². The van der Waals surface area contributed by atoms with Gasteiger partial charge in [0.05, 0.1) is 19.6 Å². The van der Waals surface area contributed by atoms with Gasteiger partial charge in [0.1, 0.15) is 0 Å². The third-order valence-electron chi connectivity index (χ3n) is 2.92. The van der Waals surface area contributed by atoms with E-state index in [9.17, 15) is 9.59 Å². The van der Waals surface area contributed by atoms with E-state index in [-0.39, 0.29) is 24.5 Å². The predicted octanol–water partition coefficient (Wildman–Crippen LogP) is 2.28. The maximum atomic E-state index is 11.9. The van der Waals surface area contributed by atoms with Gasteiger partial charge < -0.3 is 10.1 Å². The van der Waals surface area contributed by atoms with Gasteiger partial charge >= 0.3 is 12.0 Å². The summed E-state index contributed by atoms with van der Waals surface area (Å²) < 4.78 is 4.66. The molecular weight excluding hydrogens is 232 g/mol. The largest absolute Gasteiger partial charge is 0.469 e. The van der Waals surface area contributed by atoms with Gasteiger partial charge in [0, 0.05) is 11.9 Å². The van der Waals surface area contributed by atoms with E-state index in [0.29, 0.717) is 0 Å². The minimum Gasteiger partial charge on any atom is -0.469 e. The number of nitrogens with one attached hydrogen (secondary N) is 1. The fraction of sp³-hybridized carbons (Fsp3) is 0.231. The van der Waals surface area contributed by atoms with E-state index in [0.717, 1.165) is 11.3 Å². The van der Waals surface area contributed by atoms with Gasteiger partial charge in [-0.1, -0.05) is 24.8 Å². The van der Waals surface area contributed by atoms with Crippen molar-refractivity contribution in [3.05, 3.63) is 42.6 Å². The van der Waals surface area contributed by atoms with Crippen LogP contribution in [-0.4, -0.2) is 24.0 Å². The molecule has 0 bridgehead atoms. The zero-order chi connectivity index (χ0) is 13.1. The summed E-state index contributed by atoms with van der Waals surface area (Å²) in [4.78, 5) is 24.7. The van der Waals surface area contributed by atoms with Crippen molar-refractivity contribution in [2.24, 2.45) is 0 Å². The van der Waals surface area contributed by atoms with Gasteiger partial charge in [0.15, 0.2) is 0 Å². The van der Waals surface area contributed by atoms with Gasteiger partial charge in [-0.25, -0.2) is 4.79 Å². The number of rotatable bonds is 3. The Morgan fingerprint density at radius 2 is 2.28 bits per heavy atom. The number of para-hydroxylation sites is 1. The quantitative estimate of drug-likeness (QED) is 0.832. The molecule has 5 nitrogen and oxygen atoms in total. The lowest BCUT2D eigenvalue weighted by Gasteiger charge is -2.34. The fourth-order valence-electron chi connectivity index (χ4n) is 2.03. The highest BCUT2D eigenvalue weighted by molar-refractivity contribution is 5.94. The summed E-state index contributed by atoms with van der Waals surface area (Å²) in [6.07, 6.45) is 1.52. The van der Waals surface area contributed by atoms with Crippen molar-refractivity contribution in [3.63, 3.8) is 0 Å². The second-order valence-electron chi connectivity index (χ2n) is 3.90. The molecule has 1 unspecified atom stereocenters. The Morgan fingerprint density at radius 3 is 2.94 bits per heavy atom. The van der Waals surface area contributed by atoms with E-state index in [1.165, 1.54) is 18.2 Å². The molecule has 2 rings (SSSR count). The molecule has 1 aliphatic heterocycles. The Kier molecular flexibility index (Phi) is 3.32. The molecule has 1 aromatic rings. The van der Waals surface area contributed by atoms with Crippen LogP contribution in [0.3, 0.4) is 0 Å². The van der Waals surface area contributed by atoms with Gasteiger partial charge in [-0.05, 0) is 11.6 Å². The number of anilines is 1. The van der Waals surface area contributed by atoms with Crippen molar-refractivity contribution in [1.29, 1.82) is 0 Å². The van der Waals surface area contributed by atoms with Crippen molar-refractivity contribution < 1.29 is 14.3 Å². The zero-order valence-electron chi connectivity index (χ0n) is 10.1. The zero-order valence-corrected chi connectivity index (χ0v) is 10.1. The molecule has 18 heavy (non-hydrogen) atoms. The number of benzene rings is 1. The molecule has 1 aromatic carbocycles. The Bertz CT molecular complexity index is 499. The number of carbonyl (C=O) groups is 2. The number of esters is 1. The summed E-state index contributed by atoms with van der Waals surface area (Å²) in [5.41, 5.74) is 1.59. The minimum absolute atomic E-state index is 0.104. The molecule has 0 saturated carbocycles. The molecule has 0 fully saturated rings. The van der Waals surface area contributed by atoms with Crippen LogP contribution in [-0.2, 0) is 9.53 Å². The molecule has 1 heterocycles. The van der Waals surface area contributed by atoms with E-state index in [1.807, 2.05) is 18.2 Å². The molecular formula is C13H14N2O3. The van der Waals surface area contributed by atoms with E-state index >= 15 is 0 Å². The lowest BCUT2D eigenvalue weighted by atomic mass is 9.98. The lowest BCUT2D eigenvalue weighted by molar-refractivity contribution is -0.141. The maximum absolute atomic E-state index is 11.9. The number of hydrogen-bond donors (Lipinski definition) is 1. The Balaban J connectivity index is 2.40. The van der Waals surface area contributed by atoms with Crippen LogP contribution < -0.4 is 5.32 Å². The molecule has 5 heteroatoms. The summed E-state index contributed by atoms with van der Waals surface area (Å²) in [7, 11) is 1.33. The predicted molar refractivity (Wildman–Crippen MR) is 66.9 cm³/mol. The van der Waals surface area contributed by atoms with Crippen LogP contribution in [0.2, 0.25) is 0 Å². The average molecular weight is 246 g/mol. The normalized spacial score (nSPS) is 17.7. The maximum Gasteiger partial charge on any atom is 0.326 e. The SMILES string of the molecule is C=CN1C(=O)Nc2ccccc2C1CC(=O)OC. The molecule has 94 valence electrons. The number of methoxy groups -OCH3 is 1. The number of urea groups is 1. The van der Waals surface area contributed by atoms with Crippen LogP contribution in [0, 0.1) is 0 Å². The topological polar surface area (TPSA) is 58.6 Å². The number of fused-ring (bicyclic) bond motifs is 1. The van der Waals surface area contributed by atoms with E-state index in [4.69, 9.17) is 0 Å². The Labute approximate surface area is 105 Å². The number of carbonyl (C=O) groups excluding carboxylic acids is 2. The van der Waals surface area contributed by atoms with Crippen molar-refractivity contribution >= 4 is 17.7 Å². The molecule has 2 amide bonds. The second-order valence-corrected chi connectivity index (χ2v) is 3.90.